The molecule has 0 spiro atoms. The average molecular weight is 433 g/mol. The van der Waals surface area contributed by atoms with Crippen molar-refractivity contribution in [3.05, 3.63) is 71.4 Å². The molecule has 0 atom stereocenters. The Kier molecular flexibility index (Phi) is 6.92. The molecule has 154 valence electrons. The van der Waals surface area contributed by atoms with Gasteiger partial charge in [-0.1, -0.05) is 35.9 Å². The van der Waals surface area contributed by atoms with E-state index in [1.54, 1.807) is 18.3 Å². The summed E-state index contributed by atoms with van der Waals surface area (Å²) in [5.41, 5.74) is 1.70. The molecule has 6 nitrogen and oxygen atoms in total. The Morgan fingerprint density at radius 3 is 2.73 bits per heavy atom. The van der Waals surface area contributed by atoms with Crippen molar-refractivity contribution in [1.82, 2.24) is 4.98 Å². The molecule has 1 heterocycles. The van der Waals surface area contributed by atoms with E-state index < -0.39 is 25.1 Å². The number of halogens is 3. The van der Waals surface area contributed by atoms with Crippen molar-refractivity contribution >= 4 is 46.1 Å². The Labute approximate surface area is 175 Å². The highest BCUT2D eigenvalue weighted by Crippen LogP contribution is 2.28. The number of pyridine rings is 1. The number of rotatable bonds is 7. The van der Waals surface area contributed by atoms with Gasteiger partial charge in [-0.05, 0) is 30.3 Å². The van der Waals surface area contributed by atoms with E-state index >= 15 is 0 Å². The van der Waals surface area contributed by atoms with Crippen LogP contribution in [-0.2, 0) is 14.3 Å². The number of para-hydroxylation sites is 1. The van der Waals surface area contributed by atoms with E-state index in [9.17, 15) is 18.4 Å². The van der Waals surface area contributed by atoms with Crippen molar-refractivity contribution in [1.29, 1.82) is 0 Å². The van der Waals surface area contributed by atoms with Gasteiger partial charge in [-0.15, -0.1) is 0 Å². The first-order valence-electron chi connectivity index (χ1n) is 8.65. The average Bonchev–Trinajstić information content (AvgIpc) is 2.72. The first-order valence-corrected chi connectivity index (χ1v) is 9.03. The molecule has 0 radical (unpaired) electrons. The number of benzene rings is 2. The van der Waals surface area contributed by atoms with Crippen molar-refractivity contribution in [3.8, 4) is 5.75 Å². The lowest BCUT2D eigenvalue weighted by molar-refractivity contribution is -0.142. The smallest absolute Gasteiger partial charge is 0.387 e. The van der Waals surface area contributed by atoms with E-state index in [0.29, 0.717) is 0 Å². The fourth-order valence-corrected chi connectivity index (χ4v) is 2.80. The summed E-state index contributed by atoms with van der Waals surface area (Å²) in [4.78, 5) is 28.1. The highest BCUT2D eigenvalue weighted by Gasteiger charge is 2.11. The number of nitrogens with one attached hydrogen (secondary N) is 1. The molecule has 0 aliphatic heterocycles. The highest BCUT2D eigenvalue weighted by molar-refractivity contribution is 6.32. The van der Waals surface area contributed by atoms with Crippen LogP contribution in [0, 0.1) is 0 Å². The first kappa shape index (κ1) is 21.2. The molecular weight excluding hydrogens is 418 g/mol. The van der Waals surface area contributed by atoms with Gasteiger partial charge in [-0.3, -0.25) is 9.78 Å². The lowest BCUT2D eigenvalue weighted by atomic mass is 10.1. The van der Waals surface area contributed by atoms with Crippen molar-refractivity contribution < 1.29 is 27.8 Å². The molecule has 0 fully saturated rings. The molecule has 3 rings (SSSR count). The van der Waals surface area contributed by atoms with E-state index in [2.05, 4.69) is 15.0 Å². The van der Waals surface area contributed by atoms with Gasteiger partial charge in [0, 0.05) is 28.9 Å². The van der Waals surface area contributed by atoms with Crippen LogP contribution in [0.3, 0.4) is 0 Å². The van der Waals surface area contributed by atoms with E-state index in [4.69, 9.17) is 16.3 Å². The summed E-state index contributed by atoms with van der Waals surface area (Å²) in [6.07, 6.45) is 4.40. The van der Waals surface area contributed by atoms with Crippen LogP contribution in [0.2, 0.25) is 5.02 Å². The topological polar surface area (TPSA) is 77.5 Å². The second-order valence-corrected chi connectivity index (χ2v) is 6.34. The third-order valence-corrected chi connectivity index (χ3v) is 4.14. The quantitative estimate of drug-likeness (QED) is 0.433. The Hall–Kier alpha value is -3.52. The highest BCUT2D eigenvalue weighted by atomic mass is 35.5. The number of nitrogens with zero attached hydrogens (tertiary/aromatic N) is 1. The Morgan fingerprint density at radius 2 is 1.97 bits per heavy atom. The number of hydrogen-bond acceptors (Lipinski definition) is 5. The standard InChI is InChI=1S/C21H15ClF2N2O4/c22-16-11-15(7-8-17(16)30-21(23)24)26-18(27)12-29-19(28)9-6-14-4-1-3-13-5-2-10-25-20(13)14/h1-11,21H,12H2,(H,26,27)/b9-6+. The lowest BCUT2D eigenvalue weighted by Gasteiger charge is -2.09. The molecule has 0 saturated carbocycles. The minimum atomic E-state index is -3.01. The maximum atomic E-state index is 12.2. The Balaban J connectivity index is 1.54. The molecule has 0 unspecified atom stereocenters. The third-order valence-electron chi connectivity index (χ3n) is 3.84. The number of aromatic nitrogens is 1. The van der Waals surface area contributed by atoms with E-state index in [1.165, 1.54) is 24.3 Å². The van der Waals surface area contributed by atoms with Crippen LogP contribution >= 0.6 is 11.6 Å². The maximum Gasteiger partial charge on any atom is 0.387 e. The molecule has 3 aromatic rings. The van der Waals surface area contributed by atoms with Crippen LogP contribution in [-0.4, -0.2) is 30.1 Å². The summed E-state index contributed by atoms with van der Waals surface area (Å²) in [5, 5.41) is 3.27. The zero-order valence-electron chi connectivity index (χ0n) is 15.3. The maximum absolute atomic E-state index is 12.2. The largest absolute Gasteiger partial charge is 0.452 e. The number of fused-ring (bicyclic) bond motifs is 1. The van der Waals surface area contributed by atoms with Crippen LogP contribution in [0.15, 0.2) is 60.8 Å². The second-order valence-electron chi connectivity index (χ2n) is 5.94. The molecule has 0 aliphatic carbocycles. The summed E-state index contributed by atoms with van der Waals surface area (Å²) in [5.74, 6) is -1.55. The number of esters is 1. The van der Waals surface area contributed by atoms with Gasteiger partial charge in [0.2, 0.25) is 0 Å². The number of carbonyl (C=O) groups is 2. The van der Waals surface area contributed by atoms with Gasteiger partial charge < -0.3 is 14.8 Å². The summed E-state index contributed by atoms with van der Waals surface area (Å²) in [6.45, 7) is -3.55. The predicted octanol–water partition coefficient (Wildman–Crippen LogP) is 4.68. The monoisotopic (exact) mass is 432 g/mol. The minimum Gasteiger partial charge on any atom is -0.452 e. The fraction of sp³-hybridized carbons (Fsp3) is 0.0952. The number of carbonyl (C=O) groups excluding carboxylic acids is 2. The molecule has 9 heteroatoms. The summed E-state index contributed by atoms with van der Waals surface area (Å²) < 4.78 is 33.6. The van der Waals surface area contributed by atoms with Crippen molar-refractivity contribution in [2.45, 2.75) is 6.61 Å². The zero-order chi connectivity index (χ0) is 21.5. The molecule has 0 aliphatic rings. The predicted molar refractivity (Wildman–Crippen MR) is 108 cm³/mol. The number of anilines is 1. The van der Waals surface area contributed by atoms with Crippen molar-refractivity contribution in [2.75, 3.05) is 11.9 Å². The van der Waals surface area contributed by atoms with Crippen LogP contribution in [0.5, 0.6) is 5.75 Å². The van der Waals surface area contributed by atoms with Gasteiger partial charge in [0.1, 0.15) is 5.75 Å². The molecule has 0 bridgehead atoms. The molecular formula is C21H15ClF2N2O4. The summed E-state index contributed by atoms with van der Waals surface area (Å²) in [7, 11) is 0. The van der Waals surface area contributed by atoms with Gasteiger partial charge >= 0.3 is 12.6 Å². The Morgan fingerprint density at radius 1 is 1.17 bits per heavy atom. The molecule has 0 saturated heterocycles. The second kappa shape index (κ2) is 9.80. The number of amides is 1. The third kappa shape index (κ3) is 5.74. The Bertz CT molecular complexity index is 1100. The molecule has 1 N–H and O–H groups in total. The van der Waals surface area contributed by atoms with Crippen LogP contribution < -0.4 is 10.1 Å². The van der Waals surface area contributed by atoms with Gasteiger partial charge in [0.15, 0.2) is 6.61 Å². The number of hydrogen-bond donors (Lipinski definition) is 1. The lowest BCUT2D eigenvalue weighted by Crippen LogP contribution is -2.20. The summed E-state index contributed by atoms with van der Waals surface area (Å²) in [6, 6.07) is 13.0. The van der Waals surface area contributed by atoms with E-state index in [0.717, 1.165) is 16.5 Å². The normalized spacial score (nSPS) is 11.1. The van der Waals surface area contributed by atoms with Gasteiger partial charge in [-0.2, -0.15) is 8.78 Å². The SMILES string of the molecule is O=C(COC(=O)/C=C/c1cccc2cccnc12)Nc1ccc(OC(F)F)c(Cl)c1. The van der Waals surface area contributed by atoms with Crippen LogP contribution in [0.1, 0.15) is 5.56 Å². The van der Waals surface area contributed by atoms with Gasteiger partial charge in [0.05, 0.1) is 10.5 Å². The van der Waals surface area contributed by atoms with Gasteiger partial charge in [0.25, 0.3) is 5.91 Å². The van der Waals surface area contributed by atoms with Crippen LogP contribution in [0.25, 0.3) is 17.0 Å². The first-order chi connectivity index (χ1) is 14.4. The van der Waals surface area contributed by atoms with Crippen molar-refractivity contribution in [2.24, 2.45) is 0 Å². The van der Waals surface area contributed by atoms with E-state index in [1.807, 2.05) is 24.3 Å². The number of ether oxygens (including phenoxy) is 2. The minimum absolute atomic E-state index is 0.100. The number of alkyl halides is 2. The molecule has 1 aromatic heterocycles. The van der Waals surface area contributed by atoms with Gasteiger partial charge in [-0.25, -0.2) is 4.79 Å². The molecule has 1 amide bonds. The molecule has 2 aromatic carbocycles. The molecule has 30 heavy (non-hydrogen) atoms. The van der Waals surface area contributed by atoms with E-state index in [-0.39, 0.29) is 16.5 Å². The summed E-state index contributed by atoms with van der Waals surface area (Å²) >= 11 is 5.82. The van der Waals surface area contributed by atoms with Crippen LogP contribution in [0.4, 0.5) is 14.5 Å². The van der Waals surface area contributed by atoms with Crippen molar-refractivity contribution in [3.63, 3.8) is 0 Å². The zero-order valence-corrected chi connectivity index (χ0v) is 16.1. The fourth-order valence-electron chi connectivity index (χ4n) is 2.57.